The smallest absolute Gasteiger partial charge is 0.242 e. The second-order valence-electron chi connectivity index (χ2n) is 6.29. The van der Waals surface area contributed by atoms with Gasteiger partial charge in [-0.25, -0.2) is 0 Å². The molecule has 1 aromatic rings. The van der Waals surface area contributed by atoms with Crippen molar-refractivity contribution in [1.82, 2.24) is 0 Å². The van der Waals surface area contributed by atoms with Crippen molar-refractivity contribution in [2.24, 2.45) is 0 Å². The number of para-hydroxylation sites is 1. The van der Waals surface area contributed by atoms with Gasteiger partial charge in [-0.2, -0.15) is 0 Å². The highest BCUT2D eigenvalue weighted by atomic mass is 35.5. The summed E-state index contributed by atoms with van der Waals surface area (Å²) in [5.41, 5.74) is 3.30. The first kappa shape index (κ1) is 19.0. The van der Waals surface area contributed by atoms with Crippen LogP contribution in [0.4, 0.5) is 5.69 Å². The van der Waals surface area contributed by atoms with Gasteiger partial charge < -0.3 is 9.64 Å². The number of halogens is 1. The minimum Gasteiger partial charge on any atom is -0.380 e. The van der Waals surface area contributed by atoms with Gasteiger partial charge in [-0.15, -0.1) is 11.6 Å². The van der Waals surface area contributed by atoms with E-state index in [1.807, 2.05) is 6.92 Å². The van der Waals surface area contributed by atoms with Gasteiger partial charge in [-0.1, -0.05) is 45.9 Å². The summed E-state index contributed by atoms with van der Waals surface area (Å²) >= 11 is 5.84. The van der Waals surface area contributed by atoms with Crippen LogP contribution in [0.5, 0.6) is 0 Å². The number of amides is 1. The molecule has 0 radical (unpaired) electrons. The van der Waals surface area contributed by atoms with Crippen LogP contribution in [0.3, 0.4) is 0 Å². The van der Waals surface area contributed by atoms with Crippen LogP contribution in [0, 0.1) is 0 Å². The molecule has 0 spiro atoms. The average Bonchev–Trinajstić information content (AvgIpc) is 2.49. The summed E-state index contributed by atoms with van der Waals surface area (Å²) in [4.78, 5) is 14.2. The third-order valence-corrected chi connectivity index (χ3v) is 3.89. The van der Waals surface area contributed by atoms with Gasteiger partial charge in [0, 0.05) is 13.2 Å². The Labute approximate surface area is 139 Å². The number of aryl methyl sites for hydroxylation is 1. The van der Waals surface area contributed by atoms with Gasteiger partial charge in [-0.05, 0) is 29.9 Å². The van der Waals surface area contributed by atoms with Gasteiger partial charge in [0.05, 0.1) is 12.3 Å². The predicted octanol–water partition coefficient (Wildman–Crippen LogP) is 4.15. The van der Waals surface area contributed by atoms with Gasteiger partial charge in [0.15, 0.2) is 0 Å². The Kier molecular flexibility index (Phi) is 7.37. The zero-order chi connectivity index (χ0) is 16.8. The fourth-order valence-electron chi connectivity index (χ4n) is 2.53. The Balaban J connectivity index is 3.34. The maximum atomic E-state index is 12.4. The second-order valence-corrected chi connectivity index (χ2v) is 6.56. The number of anilines is 1. The van der Waals surface area contributed by atoms with Crippen molar-refractivity contribution in [2.45, 2.75) is 46.5 Å². The monoisotopic (exact) mass is 325 g/mol. The molecule has 0 unspecified atom stereocenters. The molecule has 0 heterocycles. The molecule has 1 aromatic carbocycles. The van der Waals surface area contributed by atoms with E-state index in [1.165, 1.54) is 11.1 Å². The van der Waals surface area contributed by atoms with Crippen LogP contribution in [0.25, 0.3) is 0 Å². The highest BCUT2D eigenvalue weighted by molar-refractivity contribution is 6.29. The van der Waals surface area contributed by atoms with Crippen LogP contribution in [0.2, 0.25) is 0 Å². The number of hydrogen-bond acceptors (Lipinski definition) is 2. The quantitative estimate of drug-likeness (QED) is 0.556. The van der Waals surface area contributed by atoms with Crippen molar-refractivity contribution >= 4 is 23.2 Å². The van der Waals surface area contributed by atoms with Crippen LogP contribution in [0.1, 0.15) is 45.7 Å². The normalized spacial score (nSPS) is 11.5. The maximum absolute atomic E-state index is 12.4. The molecule has 0 saturated heterocycles. The highest BCUT2D eigenvalue weighted by Gasteiger charge is 2.26. The minimum absolute atomic E-state index is 0.0201. The molecule has 0 N–H and O–H groups in total. The summed E-state index contributed by atoms with van der Waals surface area (Å²) in [7, 11) is 0. The molecule has 0 bridgehead atoms. The van der Waals surface area contributed by atoms with Crippen LogP contribution >= 0.6 is 11.6 Å². The van der Waals surface area contributed by atoms with Gasteiger partial charge in [-0.3, -0.25) is 4.79 Å². The van der Waals surface area contributed by atoms with Crippen molar-refractivity contribution in [1.29, 1.82) is 0 Å². The zero-order valence-electron chi connectivity index (χ0n) is 14.4. The first-order chi connectivity index (χ1) is 10.4. The number of benzene rings is 1. The molecular weight excluding hydrogens is 298 g/mol. The molecule has 0 fully saturated rings. The zero-order valence-corrected chi connectivity index (χ0v) is 15.2. The molecule has 0 aliphatic heterocycles. The maximum Gasteiger partial charge on any atom is 0.242 e. The summed E-state index contributed by atoms with van der Waals surface area (Å²) in [5.74, 6) is -0.0962. The molecule has 4 heteroatoms. The van der Waals surface area contributed by atoms with E-state index in [2.05, 4.69) is 45.9 Å². The SMILES string of the molecule is CCOCCN(C(=O)CCl)c1c(CC)cccc1C(C)(C)C. The lowest BCUT2D eigenvalue weighted by atomic mass is 9.83. The standard InChI is InChI=1S/C18H28ClNO2/c1-6-14-9-8-10-15(18(3,4)5)17(14)20(16(21)13-19)11-12-22-7-2/h8-10H,6-7,11-13H2,1-5H3. The largest absolute Gasteiger partial charge is 0.380 e. The first-order valence-corrected chi connectivity index (χ1v) is 8.46. The predicted molar refractivity (Wildman–Crippen MR) is 94.1 cm³/mol. The van der Waals surface area contributed by atoms with E-state index in [-0.39, 0.29) is 17.2 Å². The number of carbonyl (C=O) groups excluding carboxylic acids is 1. The fourth-order valence-corrected chi connectivity index (χ4v) is 2.68. The van der Waals surface area contributed by atoms with Crippen molar-refractivity contribution < 1.29 is 9.53 Å². The van der Waals surface area contributed by atoms with Crippen molar-refractivity contribution in [3.8, 4) is 0 Å². The fraction of sp³-hybridized carbons (Fsp3) is 0.611. The Morgan fingerprint density at radius 2 is 1.95 bits per heavy atom. The number of hydrogen-bond donors (Lipinski definition) is 0. The van der Waals surface area contributed by atoms with E-state index in [0.29, 0.717) is 19.8 Å². The molecule has 1 rings (SSSR count). The summed E-state index contributed by atoms with van der Waals surface area (Å²) in [6.45, 7) is 12.2. The molecular formula is C18H28ClNO2. The number of carbonyl (C=O) groups is 1. The lowest BCUT2D eigenvalue weighted by Gasteiger charge is -2.32. The molecule has 0 atom stereocenters. The lowest BCUT2D eigenvalue weighted by Crippen LogP contribution is -2.37. The van der Waals surface area contributed by atoms with Crippen molar-refractivity contribution in [3.05, 3.63) is 29.3 Å². The van der Waals surface area contributed by atoms with Gasteiger partial charge in [0.1, 0.15) is 5.88 Å². The lowest BCUT2D eigenvalue weighted by molar-refractivity contribution is -0.116. The average molecular weight is 326 g/mol. The molecule has 3 nitrogen and oxygen atoms in total. The Bertz CT molecular complexity index is 494. The molecule has 0 aromatic heterocycles. The molecule has 22 heavy (non-hydrogen) atoms. The van der Waals surface area contributed by atoms with Crippen molar-refractivity contribution in [2.75, 3.05) is 30.5 Å². The summed E-state index contributed by atoms with van der Waals surface area (Å²) in [6.07, 6.45) is 0.875. The van der Waals surface area contributed by atoms with Gasteiger partial charge >= 0.3 is 0 Å². The summed E-state index contributed by atoms with van der Waals surface area (Å²) < 4.78 is 5.44. The van der Waals surface area contributed by atoms with E-state index < -0.39 is 0 Å². The van der Waals surface area contributed by atoms with E-state index in [0.717, 1.165) is 12.1 Å². The van der Waals surface area contributed by atoms with E-state index in [4.69, 9.17) is 16.3 Å². The second kappa shape index (κ2) is 8.54. The van der Waals surface area contributed by atoms with Crippen LogP contribution < -0.4 is 4.90 Å². The molecule has 1 amide bonds. The van der Waals surface area contributed by atoms with Crippen molar-refractivity contribution in [3.63, 3.8) is 0 Å². The van der Waals surface area contributed by atoms with E-state index in [1.54, 1.807) is 4.90 Å². The Hall–Kier alpha value is -1.06. The van der Waals surface area contributed by atoms with E-state index >= 15 is 0 Å². The molecule has 0 aliphatic rings. The summed E-state index contributed by atoms with van der Waals surface area (Å²) in [5, 5.41) is 0. The highest BCUT2D eigenvalue weighted by Crippen LogP contribution is 2.35. The number of ether oxygens (including phenoxy) is 1. The number of nitrogens with zero attached hydrogens (tertiary/aromatic N) is 1. The Morgan fingerprint density at radius 3 is 2.45 bits per heavy atom. The van der Waals surface area contributed by atoms with Crippen LogP contribution in [0.15, 0.2) is 18.2 Å². The van der Waals surface area contributed by atoms with Crippen LogP contribution in [-0.4, -0.2) is 31.5 Å². The Morgan fingerprint density at radius 1 is 1.27 bits per heavy atom. The minimum atomic E-state index is -0.0761. The molecule has 0 saturated carbocycles. The van der Waals surface area contributed by atoms with Gasteiger partial charge in [0.2, 0.25) is 5.91 Å². The molecule has 0 aliphatic carbocycles. The number of rotatable bonds is 7. The van der Waals surface area contributed by atoms with Crippen LogP contribution in [-0.2, 0) is 21.4 Å². The summed E-state index contributed by atoms with van der Waals surface area (Å²) in [6, 6.07) is 6.25. The topological polar surface area (TPSA) is 29.5 Å². The first-order valence-electron chi connectivity index (χ1n) is 7.93. The molecule has 124 valence electrons. The number of alkyl halides is 1. The third kappa shape index (κ3) is 4.72. The van der Waals surface area contributed by atoms with E-state index in [9.17, 15) is 4.79 Å². The van der Waals surface area contributed by atoms with Gasteiger partial charge in [0.25, 0.3) is 0 Å². The third-order valence-electron chi connectivity index (χ3n) is 3.66.